The standard InChI is InChI=1S/C12H17N3S/c1-10(6-7-16-3)15(2)12-5-4-11(8-13)9-14-12/h4-5,9-10H,6-7H2,1-3H3. The number of aromatic nitrogens is 1. The monoisotopic (exact) mass is 235 g/mol. The number of hydrogen-bond acceptors (Lipinski definition) is 4. The van der Waals surface area contributed by atoms with Gasteiger partial charge >= 0.3 is 0 Å². The lowest BCUT2D eigenvalue weighted by Crippen LogP contribution is -2.29. The van der Waals surface area contributed by atoms with Gasteiger partial charge in [0.1, 0.15) is 11.9 Å². The lowest BCUT2D eigenvalue weighted by Gasteiger charge is -2.25. The maximum absolute atomic E-state index is 8.69. The zero-order chi connectivity index (χ0) is 12.0. The second-order valence-electron chi connectivity index (χ2n) is 3.76. The van der Waals surface area contributed by atoms with E-state index in [9.17, 15) is 0 Å². The summed E-state index contributed by atoms with van der Waals surface area (Å²) >= 11 is 1.86. The molecule has 1 aromatic rings. The number of anilines is 1. The number of hydrogen-bond donors (Lipinski definition) is 0. The lowest BCUT2D eigenvalue weighted by molar-refractivity contribution is 0.662. The van der Waals surface area contributed by atoms with E-state index >= 15 is 0 Å². The molecule has 86 valence electrons. The fourth-order valence-corrected chi connectivity index (χ4v) is 1.95. The van der Waals surface area contributed by atoms with Gasteiger partial charge in [0, 0.05) is 19.3 Å². The molecule has 0 fully saturated rings. The van der Waals surface area contributed by atoms with Crippen LogP contribution < -0.4 is 4.90 Å². The normalized spacial score (nSPS) is 11.9. The SMILES string of the molecule is CSCCC(C)N(C)c1ccc(C#N)cn1. The predicted molar refractivity (Wildman–Crippen MR) is 69.8 cm³/mol. The van der Waals surface area contributed by atoms with Crippen molar-refractivity contribution in [1.82, 2.24) is 4.98 Å². The van der Waals surface area contributed by atoms with E-state index in [1.165, 1.54) is 0 Å². The van der Waals surface area contributed by atoms with Crippen molar-refractivity contribution in [3.8, 4) is 6.07 Å². The van der Waals surface area contributed by atoms with Crippen molar-refractivity contribution in [2.24, 2.45) is 0 Å². The summed E-state index contributed by atoms with van der Waals surface area (Å²) in [6.45, 7) is 2.19. The van der Waals surface area contributed by atoms with Gasteiger partial charge in [-0.25, -0.2) is 4.98 Å². The van der Waals surface area contributed by atoms with Crippen LogP contribution in [0, 0.1) is 11.3 Å². The summed E-state index contributed by atoms with van der Waals surface area (Å²) < 4.78 is 0. The molecule has 1 aromatic heterocycles. The molecule has 0 bridgehead atoms. The van der Waals surface area contributed by atoms with E-state index in [1.54, 1.807) is 12.3 Å². The molecule has 0 aliphatic heterocycles. The molecule has 0 N–H and O–H groups in total. The Kier molecular flexibility index (Phi) is 5.13. The highest BCUT2D eigenvalue weighted by atomic mass is 32.2. The van der Waals surface area contributed by atoms with Crippen molar-refractivity contribution in [3.63, 3.8) is 0 Å². The van der Waals surface area contributed by atoms with E-state index in [1.807, 2.05) is 24.9 Å². The third kappa shape index (κ3) is 3.42. The molecule has 1 unspecified atom stereocenters. The molecular formula is C12H17N3S. The van der Waals surface area contributed by atoms with Crippen LogP contribution in [-0.4, -0.2) is 30.1 Å². The first kappa shape index (κ1) is 12.9. The number of nitrogens with zero attached hydrogens (tertiary/aromatic N) is 3. The van der Waals surface area contributed by atoms with E-state index in [0.29, 0.717) is 11.6 Å². The highest BCUT2D eigenvalue weighted by Gasteiger charge is 2.10. The first-order valence-electron chi connectivity index (χ1n) is 5.27. The van der Waals surface area contributed by atoms with Gasteiger partial charge in [-0.1, -0.05) is 0 Å². The summed E-state index contributed by atoms with van der Waals surface area (Å²) in [6.07, 6.45) is 4.87. The van der Waals surface area contributed by atoms with Crippen LogP contribution in [0.25, 0.3) is 0 Å². The Morgan fingerprint density at radius 3 is 2.81 bits per heavy atom. The average molecular weight is 235 g/mol. The third-order valence-electron chi connectivity index (χ3n) is 2.64. The third-order valence-corrected chi connectivity index (χ3v) is 3.28. The summed E-state index contributed by atoms with van der Waals surface area (Å²) in [5.74, 6) is 2.08. The summed E-state index contributed by atoms with van der Waals surface area (Å²) in [5, 5.41) is 8.69. The van der Waals surface area contributed by atoms with Gasteiger partial charge in [-0.2, -0.15) is 17.0 Å². The van der Waals surface area contributed by atoms with Crippen molar-refractivity contribution in [3.05, 3.63) is 23.9 Å². The molecule has 0 radical (unpaired) electrons. The zero-order valence-corrected chi connectivity index (χ0v) is 10.8. The van der Waals surface area contributed by atoms with Gasteiger partial charge in [0.05, 0.1) is 5.56 Å². The Morgan fingerprint density at radius 1 is 1.56 bits per heavy atom. The van der Waals surface area contributed by atoms with Crippen LogP contribution in [0.4, 0.5) is 5.82 Å². The molecule has 0 saturated carbocycles. The van der Waals surface area contributed by atoms with Gasteiger partial charge in [0.2, 0.25) is 0 Å². The van der Waals surface area contributed by atoms with Gasteiger partial charge in [-0.3, -0.25) is 0 Å². The van der Waals surface area contributed by atoms with Crippen LogP contribution >= 0.6 is 11.8 Å². The number of rotatable bonds is 5. The van der Waals surface area contributed by atoms with Crippen LogP contribution in [0.1, 0.15) is 18.9 Å². The molecule has 0 aliphatic carbocycles. The zero-order valence-electron chi connectivity index (χ0n) is 9.97. The molecule has 16 heavy (non-hydrogen) atoms. The van der Waals surface area contributed by atoms with Gasteiger partial charge in [-0.05, 0) is 37.5 Å². The smallest absolute Gasteiger partial charge is 0.128 e. The van der Waals surface area contributed by atoms with Crippen molar-refractivity contribution < 1.29 is 0 Å². The van der Waals surface area contributed by atoms with Gasteiger partial charge in [0.25, 0.3) is 0 Å². The maximum Gasteiger partial charge on any atom is 0.128 e. The molecule has 0 aromatic carbocycles. The van der Waals surface area contributed by atoms with Gasteiger partial charge < -0.3 is 4.90 Å². The molecule has 1 atom stereocenters. The Morgan fingerprint density at radius 2 is 2.31 bits per heavy atom. The van der Waals surface area contributed by atoms with Gasteiger partial charge in [-0.15, -0.1) is 0 Å². The molecule has 1 heterocycles. The van der Waals surface area contributed by atoms with Crippen molar-refractivity contribution in [2.75, 3.05) is 24.0 Å². The molecule has 3 nitrogen and oxygen atoms in total. The number of nitriles is 1. The summed E-state index contributed by atoms with van der Waals surface area (Å²) in [7, 11) is 2.04. The van der Waals surface area contributed by atoms with Crippen molar-refractivity contribution >= 4 is 17.6 Å². The van der Waals surface area contributed by atoms with Crippen LogP contribution in [0.3, 0.4) is 0 Å². The molecule has 0 aliphatic rings. The van der Waals surface area contributed by atoms with E-state index in [4.69, 9.17) is 5.26 Å². The predicted octanol–water partition coefficient (Wildman–Crippen LogP) is 2.53. The second-order valence-corrected chi connectivity index (χ2v) is 4.74. The molecule has 1 rings (SSSR count). The van der Waals surface area contributed by atoms with E-state index in [2.05, 4.69) is 29.1 Å². The van der Waals surface area contributed by atoms with Crippen LogP contribution in [0.5, 0.6) is 0 Å². The van der Waals surface area contributed by atoms with E-state index in [-0.39, 0.29) is 0 Å². The van der Waals surface area contributed by atoms with Crippen molar-refractivity contribution in [2.45, 2.75) is 19.4 Å². The highest BCUT2D eigenvalue weighted by Crippen LogP contribution is 2.15. The number of pyridine rings is 1. The first-order valence-corrected chi connectivity index (χ1v) is 6.66. The summed E-state index contributed by atoms with van der Waals surface area (Å²) in [5.41, 5.74) is 0.605. The minimum absolute atomic E-state index is 0.466. The second kappa shape index (κ2) is 6.39. The summed E-state index contributed by atoms with van der Waals surface area (Å²) in [6, 6.07) is 6.24. The highest BCUT2D eigenvalue weighted by molar-refractivity contribution is 7.98. The van der Waals surface area contributed by atoms with Crippen LogP contribution in [0.15, 0.2) is 18.3 Å². The minimum atomic E-state index is 0.466. The topological polar surface area (TPSA) is 39.9 Å². The fraction of sp³-hybridized carbons (Fsp3) is 0.500. The molecular weight excluding hydrogens is 218 g/mol. The van der Waals surface area contributed by atoms with E-state index < -0.39 is 0 Å². The molecule has 4 heteroatoms. The Bertz CT molecular complexity index is 356. The maximum atomic E-state index is 8.69. The summed E-state index contributed by atoms with van der Waals surface area (Å²) in [4.78, 5) is 6.43. The lowest BCUT2D eigenvalue weighted by atomic mass is 10.2. The molecule has 0 spiro atoms. The van der Waals surface area contributed by atoms with Crippen molar-refractivity contribution in [1.29, 1.82) is 5.26 Å². The van der Waals surface area contributed by atoms with Crippen LogP contribution in [-0.2, 0) is 0 Å². The Labute approximate surface area is 101 Å². The first-order chi connectivity index (χ1) is 7.69. The Hall–Kier alpha value is -1.21. The quantitative estimate of drug-likeness (QED) is 0.786. The Balaban J connectivity index is 2.65. The van der Waals surface area contributed by atoms with E-state index in [0.717, 1.165) is 18.0 Å². The largest absolute Gasteiger partial charge is 0.357 e. The number of thioether (sulfide) groups is 1. The fourth-order valence-electron chi connectivity index (χ4n) is 1.37. The minimum Gasteiger partial charge on any atom is -0.357 e. The molecule has 0 saturated heterocycles. The van der Waals surface area contributed by atoms with Gasteiger partial charge in [0.15, 0.2) is 0 Å². The van der Waals surface area contributed by atoms with Crippen LogP contribution in [0.2, 0.25) is 0 Å². The average Bonchev–Trinajstić information content (AvgIpc) is 2.35. The molecule has 0 amide bonds.